The fraction of sp³-hybridized carbons (Fsp3) is 0.417. The van der Waals surface area contributed by atoms with E-state index < -0.39 is 0 Å². The second-order valence-corrected chi connectivity index (χ2v) is 8.33. The van der Waals surface area contributed by atoms with E-state index in [9.17, 15) is 4.79 Å². The van der Waals surface area contributed by atoms with Crippen LogP contribution in [0.15, 0.2) is 36.5 Å². The fourth-order valence-corrected chi connectivity index (χ4v) is 4.55. The number of hydrogen-bond acceptors (Lipinski definition) is 5. The summed E-state index contributed by atoms with van der Waals surface area (Å²) in [6.45, 7) is 9.84. The normalized spacial score (nSPS) is 17.5. The minimum Gasteiger partial charge on any atom is -0.482 e. The molecular formula is C24H29N5O2. The van der Waals surface area contributed by atoms with Crippen LogP contribution in [0, 0.1) is 6.92 Å². The maximum Gasteiger partial charge on any atom is 0.265 e. The van der Waals surface area contributed by atoms with Gasteiger partial charge in [-0.1, -0.05) is 6.07 Å². The summed E-state index contributed by atoms with van der Waals surface area (Å²) >= 11 is 0. The number of fused-ring (bicyclic) bond motifs is 2. The number of aromatic nitrogens is 2. The number of aryl methyl sites for hydroxylation is 1. The Morgan fingerprint density at radius 1 is 1.16 bits per heavy atom. The lowest BCUT2D eigenvalue weighted by atomic mass is 10.1. The molecule has 0 bridgehead atoms. The summed E-state index contributed by atoms with van der Waals surface area (Å²) < 4.78 is 7.89. The minimum atomic E-state index is -0.00457. The maximum absolute atomic E-state index is 12.3. The standard InChI is InChI=1S/C24H29N5O2/c1-3-28-19-13-18(6-7-21(19)31-16-23(28)30)24-20(15-27-11-4-9-25-10-12-27)29-14-17(2)5-8-22(29)26-24/h5-8,13-14,25H,3-4,9-12,15-16H2,1-2H3. The predicted octanol–water partition coefficient (Wildman–Crippen LogP) is 2.85. The van der Waals surface area contributed by atoms with Crippen molar-refractivity contribution in [2.24, 2.45) is 0 Å². The van der Waals surface area contributed by atoms with Crippen LogP contribution in [-0.2, 0) is 11.3 Å². The van der Waals surface area contributed by atoms with Crippen molar-refractivity contribution in [1.82, 2.24) is 19.6 Å². The van der Waals surface area contributed by atoms with E-state index in [1.807, 2.05) is 13.0 Å². The molecule has 1 N–H and O–H groups in total. The smallest absolute Gasteiger partial charge is 0.265 e. The molecule has 1 amide bonds. The molecular weight excluding hydrogens is 390 g/mol. The molecule has 0 unspecified atom stereocenters. The Balaban J connectivity index is 1.61. The van der Waals surface area contributed by atoms with Crippen LogP contribution in [-0.4, -0.2) is 59.5 Å². The van der Waals surface area contributed by atoms with Gasteiger partial charge in [0, 0.05) is 37.9 Å². The van der Waals surface area contributed by atoms with E-state index in [0.29, 0.717) is 6.54 Å². The first kappa shape index (κ1) is 20.0. The summed E-state index contributed by atoms with van der Waals surface area (Å²) in [4.78, 5) is 21.6. The Labute approximate surface area is 182 Å². The molecule has 2 aliphatic rings. The highest BCUT2D eigenvalue weighted by atomic mass is 16.5. The SMILES string of the molecule is CCN1C(=O)COc2ccc(-c3nc4ccc(C)cn4c3CN3CCCNCC3)cc21. The number of pyridine rings is 1. The molecule has 1 fully saturated rings. The molecule has 7 nitrogen and oxygen atoms in total. The molecule has 0 atom stereocenters. The Kier molecular flexibility index (Phi) is 5.38. The predicted molar refractivity (Wildman–Crippen MR) is 122 cm³/mol. The molecule has 162 valence electrons. The molecule has 3 aromatic rings. The molecule has 1 saturated heterocycles. The van der Waals surface area contributed by atoms with Gasteiger partial charge in [-0.25, -0.2) is 4.98 Å². The van der Waals surface area contributed by atoms with Gasteiger partial charge in [-0.2, -0.15) is 0 Å². The number of ether oxygens (including phenoxy) is 1. The highest BCUT2D eigenvalue weighted by Crippen LogP contribution is 2.37. The Bertz CT molecular complexity index is 1110. The molecule has 5 rings (SSSR count). The van der Waals surface area contributed by atoms with Crippen LogP contribution in [0.4, 0.5) is 5.69 Å². The van der Waals surface area contributed by atoms with E-state index in [2.05, 4.69) is 52.0 Å². The summed E-state index contributed by atoms with van der Waals surface area (Å²) in [7, 11) is 0. The molecule has 7 heteroatoms. The summed E-state index contributed by atoms with van der Waals surface area (Å²) in [6, 6.07) is 10.3. The van der Waals surface area contributed by atoms with Gasteiger partial charge in [0.05, 0.1) is 17.1 Å². The Morgan fingerprint density at radius 2 is 2.06 bits per heavy atom. The number of amides is 1. The van der Waals surface area contributed by atoms with Crippen LogP contribution in [0.2, 0.25) is 0 Å². The molecule has 0 aliphatic carbocycles. The zero-order chi connectivity index (χ0) is 21.4. The first-order valence-electron chi connectivity index (χ1n) is 11.1. The first-order chi connectivity index (χ1) is 15.1. The third-order valence-corrected chi connectivity index (χ3v) is 6.16. The molecule has 4 heterocycles. The van der Waals surface area contributed by atoms with Gasteiger partial charge in [-0.15, -0.1) is 0 Å². The molecule has 0 spiro atoms. The van der Waals surface area contributed by atoms with Crippen molar-refractivity contribution in [2.45, 2.75) is 26.8 Å². The fourth-order valence-electron chi connectivity index (χ4n) is 4.55. The van der Waals surface area contributed by atoms with Crippen LogP contribution in [0.3, 0.4) is 0 Å². The molecule has 2 aliphatic heterocycles. The molecule has 31 heavy (non-hydrogen) atoms. The van der Waals surface area contributed by atoms with E-state index >= 15 is 0 Å². The van der Waals surface area contributed by atoms with Gasteiger partial charge in [0.15, 0.2) is 6.61 Å². The van der Waals surface area contributed by atoms with Gasteiger partial charge in [0.1, 0.15) is 11.4 Å². The lowest BCUT2D eigenvalue weighted by Gasteiger charge is -2.28. The van der Waals surface area contributed by atoms with E-state index in [0.717, 1.165) is 67.5 Å². The highest BCUT2D eigenvalue weighted by molar-refractivity contribution is 5.98. The van der Waals surface area contributed by atoms with E-state index in [1.165, 1.54) is 11.3 Å². The minimum absolute atomic E-state index is 0.00457. The highest BCUT2D eigenvalue weighted by Gasteiger charge is 2.26. The van der Waals surface area contributed by atoms with Crippen LogP contribution in [0.1, 0.15) is 24.6 Å². The lowest BCUT2D eigenvalue weighted by molar-refractivity contribution is -0.121. The van der Waals surface area contributed by atoms with Crippen molar-refractivity contribution in [2.75, 3.05) is 44.2 Å². The van der Waals surface area contributed by atoms with Crippen molar-refractivity contribution < 1.29 is 9.53 Å². The first-order valence-corrected chi connectivity index (χ1v) is 11.1. The van der Waals surface area contributed by atoms with Crippen molar-refractivity contribution in [3.63, 3.8) is 0 Å². The van der Waals surface area contributed by atoms with Crippen molar-refractivity contribution in [3.05, 3.63) is 47.8 Å². The summed E-state index contributed by atoms with van der Waals surface area (Å²) in [5.41, 5.74) is 6.15. The van der Waals surface area contributed by atoms with Crippen LogP contribution < -0.4 is 15.0 Å². The van der Waals surface area contributed by atoms with Crippen LogP contribution >= 0.6 is 0 Å². The quantitative estimate of drug-likeness (QED) is 0.705. The van der Waals surface area contributed by atoms with Crippen molar-refractivity contribution in [3.8, 4) is 17.0 Å². The number of benzene rings is 1. The van der Waals surface area contributed by atoms with Gasteiger partial charge in [-0.3, -0.25) is 9.69 Å². The average Bonchev–Trinajstić information content (AvgIpc) is 2.94. The third kappa shape index (κ3) is 3.79. The summed E-state index contributed by atoms with van der Waals surface area (Å²) in [5.74, 6) is 0.750. The van der Waals surface area contributed by atoms with E-state index in [4.69, 9.17) is 9.72 Å². The molecule has 0 saturated carbocycles. The molecule has 2 aromatic heterocycles. The van der Waals surface area contributed by atoms with Crippen molar-refractivity contribution in [1.29, 1.82) is 0 Å². The monoisotopic (exact) mass is 419 g/mol. The largest absolute Gasteiger partial charge is 0.482 e. The summed E-state index contributed by atoms with van der Waals surface area (Å²) in [5, 5.41) is 3.48. The third-order valence-electron chi connectivity index (χ3n) is 6.16. The van der Waals surface area contributed by atoms with Gasteiger partial charge in [0.2, 0.25) is 0 Å². The van der Waals surface area contributed by atoms with Gasteiger partial charge in [0.25, 0.3) is 5.91 Å². The number of nitrogens with zero attached hydrogens (tertiary/aromatic N) is 4. The second-order valence-electron chi connectivity index (χ2n) is 8.33. The second kappa shape index (κ2) is 8.32. The number of hydrogen-bond donors (Lipinski definition) is 1. The van der Waals surface area contributed by atoms with Gasteiger partial charge < -0.3 is 19.4 Å². The van der Waals surface area contributed by atoms with Gasteiger partial charge in [-0.05, 0) is 63.2 Å². The lowest BCUT2D eigenvalue weighted by Crippen LogP contribution is -2.38. The number of carbonyl (C=O) groups excluding carboxylic acids is 1. The van der Waals surface area contributed by atoms with Crippen molar-refractivity contribution >= 4 is 17.2 Å². The number of rotatable bonds is 4. The van der Waals surface area contributed by atoms with E-state index in [1.54, 1.807) is 4.90 Å². The summed E-state index contributed by atoms with van der Waals surface area (Å²) in [6.07, 6.45) is 3.31. The molecule has 0 radical (unpaired) electrons. The Hall–Kier alpha value is -2.90. The van der Waals surface area contributed by atoms with Gasteiger partial charge >= 0.3 is 0 Å². The zero-order valence-electron chi connectivity index (χ0n) is 18.2. The number of carbonyl (C=O) groups is 1. The number of anilines is 1. The van der Waals surface area contributed by atoms with E-state index in [-0.39, 0.29) is 12.5 Å². The zero-order valence-corrected chi connectivity index (χ0v) is 18.2. The van der Waals surface area contributed by atoms with Crippen LogP contribution in [0.25, 0.3) is 16.9 Å². The maximum atomic E-state index is 12.3. The number of nitrogens with one attached hydrogen (secondary N) is 1. The average molecular weight is 420 g/mol. The number of imidazole rings is 1. The number of likely N-dealkylation sites (N-methyl/N-ethyl adjacent to an activating group) is 1. The molecule has 1 aromatic carbocycles. The van der Waals surface area contributed by atoms with Crippen LogP contribution in [0.5, 0.6) is 5.75 Å². The Morgan fingerprint density at radius 3 is 2.94 bits per heavy atom. The topological polar surface area (TPSA) is 62.1 Å².